The van der Waals surface area contributed by atoms with Crippen molar-refractivity contribution in [2.24, 2.45) is 0 Å². The van der Waals surface area contributed by atoms with Crippen molar-refractivity contribution < 1.29 is 17.7 Å². The maximum atomic E-state index is 13.1. The number of nitrogens with one attached hydrogen (secondary N) is 2. The molecule has 9 heteroatoms. The average molecular weight is 478 g/mol. The Bertz CT molecular complexity index is 1200. The Morgan fingerprint density at radius 2 is 1.83 bits per heavy atom. The molecule has 2 aromatic carbocycles. The molecule has 29 heavy (non-hydrogen) atoms. The maximum absolute atomic E-state index is 13.1. The van der Waals surface area contributed by atoms with Gasteiger partial charge in [-0.1, -0.05) is 23.4 Å². The molecule has 2 N–H and O–H groups in total. The van der Waals surface area contributed by atoms with Gasteiger partial charge in [-0.15, -0.1) is 0 Å². The number of hydrogen-bond donors (Lipinski definition) is 2. The summed E-state index contributed by atoms with van der Waals surface area (Å²) < 4.78 is 34.6. The van der Waals surface area contributed by atoms with E-state index in [1.165, 1.54) is 6.92 Å². The highest BCUT2D eigenvalue weighted by atomic mass is 79.9. The van der Waals surface area contributed by atoms with Gasteiger partial charge in [0.1, 0.15) is 0 Å². The summed E-state index contributed by atoms with van der Waals surface area (Å²) in [6.45, 7) is 6.72. The molecule has 1 heterocycles. The molecule has 152 valence electrons. The Morgan fingerprint density at radius 1 is 1.10 bits per heavy atom. The molecule has 0 aliphatic rings. The van der Waals surface area contributed by atoms with Gasteiger partial charge in [0.25, 0.3) is 10.0 Å². The third-order valence-electron chi connectivity index (χ3n) is 4.29. The third kappa shape index (κ3) is 4.51. The first kappa shape index (κ1) is 21.1. The van der Waals surface area contributed by atoms with Crippen LogP contribution < -0.4 is 10.0 Å². The zero-order chi connectivity index (χ0) is 21.3. The van der Waals surface area contributed by atoms with Gasteiger partial charge >= 0.3 is 0 Å². The zero-order valence-electron chi connectivity index (χ0n) is 16.3. The van der Waals surface area contributed by atoms with Crippen LogP contribution in [-0.4, -0.2) is 19.5 Å². The third-order valence-corrected chi connectivity index (χ3v) is 6.45. The van der Waals surface area contributed by atoms with E-state index in [0.717, 1.165) is 5.56 Å². The van der Waals surface area contributed by atoms with Gasteiger partial charge in [0.2, 0.25) is 11.8 Å². The summed E-state index contributed by atoms with van der Waals surface area (Å²) in [6, 6.07) is 10.4. The van der Waals surface area contributed by atoms with Crippen molar-refractivity contribution in [2.75, 3.05) is 10.0 Å². The number of nitrogens with zero attached hydrogens (tertiary/aromatic N) is 1. The molecule has 0 aliphatic carbocycles. The van der Waals surface area contributed by atoms with Gasteiger partial charge in [-0.2, -0.15) is 0 Å². The highest BCUT2D eigenvalue weighted by Crippen LogP contribution is 2.34. The van der Waals surface area contributed by atoms with Crippen LogP contribution in [0.2, 0.25) is 0 Å². The lowest BCUT2D eigenvalue weighted by Crippen LogP contribution is -2.15. The van der Waals surface area contributed by atoms with Gasteiger partial charge in [0, 0.05) is 11.4 Å². The second kappa shape index (κ2) is 8.00. The first-order chi connectivity index (χ1) is 13.6. The molecule has 0 saturated heterocycles. The van der Waals surface area contributed by atoms with Crippen LogP contribution in [0.4, 0.5) is 11.6 Å². The summed E-state index contributed by atoms with van der Waals surface area (Å²) in [6.07, 6.45) is 0. The number of aromatic nitrogens is 1. The average Bonchev–Trinajstić information content (AvgIpc) is 2.97. The van der Waals surface area contributed by atoms with E-state index in [4.69, 9.17) is 4.52 Å². The van der Waals surface area contributed by atoms with Crippen molar-refractivity contribution >= 4 is 43.4 Å². The molecule has 1 aromatic heterocycles. The number of carbonyl (C=O) groups is 1. The Morgan fingerprint density at radius 3 is 2.48 bits per heavy atom. The predicted octanol–water partition coefficient (Wildman–Crippen LogP) is 4.79. The Hall–Kier alpha value is -2.65. The molecule has 0 spiro atoms. The van der Waals surface area contributed by atoms with Gasteiger partial charge in [-0.05, 0) is 71.6 Å². The summed E-state index contributed by atoms with van der Waals surface area (Å²) in [7, 11) is -3.86. The van der Waals surface area contributed by atoms with E-state index in [1.807, 2.05) is 19.1 Å². The Kier molecular flexibility index (Phi) is 5.81. The zero-order valence-corrected chi connectivity index (χ0v) is 18.7. The van der Waals surface area contributed by atoms with Crippen LogP contribution in [0.25, 0.3) is 11.1 Å². The number of rotatable bonds is 5. The standard InChI is InChI=1S/C20H20BrN3O4S/c1-11-5-8-17(16(21)9-11)24-29(26,27)18-10-15(7-6-12(18)2)19-13(3)23-28-20(19)22-14(4)25/h5-10,24H,1-4H3,(H,22,25). The molecule has 0 bridgehead atoms. The van der Waals surface area contributed by atoms with Crippen molar-refractivity contribution in [3.05, 3.63) is 57.7 Å². The number of carbonyl (C=O) groups excluding carboxylic acids is 1. The smallest absolute Gasteiger partial charge is 0.262 e. The van der Waals surface area contributed by atoms with Crippen LogP contribution in [0, 0.1) is 20.8 Å². The quantitative estimate of drug-likeness (QED) is 0.549. The maximum Gasteiger partial charge on any atom is 0.262 e. The topological polar surface area (TPSA) is 101 Å². The summed E-state index contributed by atoms with van der Waals surface area (Å²) in [5.41, 5.74) is 3.68. The first-order valence-corrected chi connectivity index (χ1v) is 11.0. The van der Waals surface area contributed by atoms with Gasteiger partial charge in [0.15, 0.2) is 0 Å². The molecule has 0 radical (unpaired) electrons. The van der Waals surface area contributed by atoms with Gasteiger partial charge in [0.05, 0.1) is 21.8 Å². The number of benzene rings is 2. The monoisotopic (exact) mass is 477 g/mol. The molecule has 0 aliphatic heterocycles. The van der Waals surface area contributed by atoms with Crippen LogP contribution in [0.15, 0.2) is 50.3 Å². The molecule has 0 atom stereocenters. The molecule has 7 nitrogen and oxygen atoms in total. The van der Waals surface area contributed by atoms with Crippen molar-refractivity contribution in [3.8, 4) is 11.1 Å². The van der Waals surface area contributed by atoms with E-state index in [0.29, 0.717) is 32.5 Å². The Balaban J connectivity index is 2.06. The minimum atomic E-state index is -3.86. The molecule has 0 unspecified atom stereocenters. The van der Waals surface area contributed by atoms with Gasteiger partial charge < -0.3 is 4.52 Å². The Labute approximate surface area is 177 Å². The highest BCUT2D eigenvalue weighted by Gasteiger charge is 2.22. The molecule has 0 fully saturated rings. The van der Waals surface area contributed by atoms with Crippen LogP contribution in [0.3, 0.4) is 0 Å². The number of aryl methyl sites for hydroxylation is 3. The van der Waals surface area contributed by atoms with Gasteiger partial charge in [-0.3, -0.25) is 14.8 Å². The SMILES string of the molecule is CC(=O)Nc1onc(C)c1-c1ccc(C)c(S(=O)(=O)Nc2ccc(C)cc2Br)c1. The molecule has 3 rings (SSSR count). The highest BCUT2D eigenvalue weighted by molar-refractivity contribution is 9.10. The number of anilines is 2. The van der Waals surface area contributed by atoms with Crippen molar-refractivity contribution in [2.45, 2.75) is 32.6 Å². The minimum absolute atomic E-state index is 0.122. The van der Waals surface area contributed by atoms with Crippen LogP contribution in [0.5, 0.6) is 0 Å². The minimum Gasteiger partial charge on any atom is -0.337 e. The molecule has 1 amide bonds. The van der Waals surface area contributed by atoms with Crippen LogP contribution in [0.1, 0.15) is 23.7 Å². The van der Waals surface area contributed by atoms with E-state index in [2.05, 4.69) is 31.1 Å². The lowest BCUT2D eigenvalue weighted by Gasteiger charge is -2.13. The largest absolute Gasteiger partial charge is 0.337 e. The van der Waals surface area contributed by atoms with Gasteiger partial charge in [-0.25, -0.2) is 8.42 Å². The number of hydrogen-bond acceptors (Lipinski definition) is 5. The lowest BCUT2D eigenvalue weighted by molar-refractivity contribution is -0.114. The molecule has 0 saturated carbocycles. The first-order valence-electron chi connectivity index (χ1n) is 8.72. The second-order valence-electron chi connectivity index (χ2n) is 6.72. The second-order valence-corrected chi connectivity index (χ2v) is 9.23. The predicted molar refractivity (Wildman–Crippen MR) is 115 cm³/mol. The molecular weight excluding hydrogens is 458 g/mol. The lowest BCUT2D eigenvalue weighted by atomic mass is 10.0. The fourth-order valence-corrected chi connectivity index (χ4v) is 4.98. The number of halogens is 1. The fraction of sp³-hybridized carbons (Fsp3) is 0.200. The molecular formula is C20H20BrN3O4S. The van der Waals surface area contributed by atoms with Crippen molar-refractivity contribution in [1.29, 1.82) is 0 Å². The van der Waals surface area contributed by atoms with E-state index >= 15 is 0 Å². The van der Waals surface area contributed by atoms with E-state index in [9.17, 15) is 13.2 Å². The summed E-state index contributed by atoms with van der Waals surface area (Å²) >= 11 is 3.39. The normalized spacial score (nSPS) is 11.3. The summed E-state index contributed by atoms with van der Waals surface area (Å²) in [5.74, 6) is -0.135. The van der Waals surface area contributed by atoms with E-state index in [1.54, 1.807) is 38.1 Å². The van der Waals surface area contributed by atoms with Crippen LogP contribution in [-0.2, 0) is 14.8 Å². The fourth-order valence-electron chi connectivity index (χ4n) is 2.90. The van der Waals surface area contributed by atoms with E-state index in [-0.39, 0.29) is 16.7 Å². The number of amides is 1. The van der Waals surface area contributed by atoms with Crippen molar-refractivity contribution in [3.63, 3.8) is 0 Å². The number of sulfonamides is 1. The van der Waals surface area contributed by atoms with E-state index < -0.39 is 10.0 Å². The molecule has 3 aromatic rings. The summed E-state index contributed by atoms with van der Waals surface area (Å²) in [5, 5.41) is 6.47. The van der Waals surface area contributed by atoms with Crippen LogP contribution >= 0.6 is 15.9 Å². The van der Waals surface area contributed by atoms with Crippen molar-refractivity contribution in [1.82, 2.24) is 5.16 Å². The summed E-state index contributed by atoms with van der Waals surface area (Å²) in [4.78, 5) is 11.6.